The number of carbonyl (C=O) groups excluding carboxylic acids is 1. The van der Waals surface area contributed by atoms with Crippen LogP contribution in [0, 0.1) is 0 Å². The fourth-order valence-electron chi connectivity index (χ4n) is 2.25. The largest absolute Gasteiger partial charge is 0.398 e. The number of benzene rings is 1. The molecule has 1 saturated heterocycles. The molecule has 1 aliphatic rings. The van der Waals surface area contributed by atoms with Gasteiger partial charge in [0.2, 0.25) is 0 Å². The van der Waals surface area contributed by atoms with Crippen LogP contribution < -0.4 is 5.73 Å². The molecule has 1 heterocycles. The Morgan fingerprint density at radius 1 is 1.32 bits per heavy atom. The van der Waals surface area contributed by atoms with Crippen LogP contribution in [0.4, 0.5) is 5.69 Å². The van der Waals surface area contributed by atoms with E-state index in [1.165, 1.54) is 0 Å². The molecule has 0 spiro atoms. The van der Waals surface area contributed by atoms with E-state index in [0.717, 1.165) is 0 Å². The number of halogens is 1. The average Bonchev–Trinajstić information content (AvgIpc) is 2.84. The summed E-state index contributed by atoms with van der Waals surface area (Å²) in [6.07, 6.45) is -0.233. The zero-order valence-electron chi connectivity index (χ0n) is 10.9. The maximum Gasteiger partial charge on any atom is 0.256 e. The van der Waals surface area contributed by atoms with Crippen molar-refractivity contribution in [3.8, 4) is 0 Å². The van der Waals surface area contributed by atoms with Crippen molar-refractivity contribution in [3.05, 3.63) is 28.8 Å². The smallest absolute Gasteiger partial charge is 0.256 e. The molecule has 1 aliphatic heterocycles. The number of ether oxygens (including phenoxy) is 2. The van der Waals surface area contributed by atoms with Crippen LogP contribution in [0.15, 0.2) is 18.2 Å². The molecular formula is C13H17ClN2O3. The van der Waals surface area contributed by atoms with E-state index >= 15 is 0 Å². The maximum absolute atomic E-state index is 12.4. The van der Waals surface area contributed by atoms with Gasteiger partial charge < -0.3 is 20.1 Å². The summed E-state index contributed by atoms with van der Waals surface area (Å²) in [7, 11) is 3.22. The number of rotatable bonds is 3. The van der Waals surface area contributed by atoms with Gasteiger partial charge in [0.25, 0.3) is 5.91 Å². The van der Waals surface area contributed by atoms with Crippen LogP contribution in [0.5, 0.6) is 0 Å². The molecule has 0 aliphatic carbocycles. The Balaban J connectivity index is 2.19. The first-order valence-corrected chi connectivity index (χ1v) is 6.34. The number of nitrogen functional groups attached to an aromatic ring is 1. The monoisotopic (exact) mass is 284 g/mol. The van der Waals surface area contributed by atoms with Crippen LogP contribution in [0.1, 0.15) is 10.4 Å². The topological polar surface area (TPSA) is 64.8 Å². The molecule has 2 rings (SSSR count). The van der Waals surface area contributed by atoms with Crippen molar-refractivity contribution in [2.75, 3.05) is 33.0 Å². The number of nitrogens with two attached hydrogens (primary N) is 1. The highest BCUT2D eigenvalue weighted by Gasteiger charge is 2.36. The van der Waals surface area contributed by atoms with Crippen LogP contribution in [-0.2, 0) is 9.47 Å². The molecule has 2 N–H and O–H groups in total. The molecule has 0 bridgehead atoms. The predicted molar refractivity (Wildman–Crippen MR) is 73.4 cm³/mol. The van der Waals surface area contributed by atoms with E-state index in [2.05, 4.69) is 0 Å². The Morgan fingerprint density at radius 3 is 2.42 bits per heavy atom. The molecule has 1 aromatic carbocycles. The predicted octanol–water partition coefficient (Wildman–Crippen LogP) is 1.41. The van der Waals surface area contributed by atoms with Crippen LogP contribution in [-0.4, -0.2) is 50.3 Å². The summed E-state index contributed by atoms with van der Waals surface area (Å²) in [4.78, 5) is 14.1. The van der Waals surface area contributed by atoms with Gasteiger partial charge in [-0.05, 0) is 18.2 Å². The molecule has 1 fully saturated rings. The maximum atomic E-state index is 12.4. The van der Waals surface area contributed by atoms with Crippen molar-refractivity contribution in [2.24, 2.45) is 0 Å². The zero-order valence-corrected chi connectivity index (χ0v) is 11.7. The third-order valence-electron chi connectivity index (χ3n) is 3.35. The minimum Gasteiger partial charge on any atom is -0.398 e. The molecule has 5 nitrogen and oxygen atoms in total. The molecule has 2 unspecified atom stereocenters. The Kier molecular flexibility index (Phi) is 4.29. The first kappa shape index (κ1) is 14.1. The minimum atomic E-state index is -0.151. The van der Waals surface area contributed by atoms with E-state index in [1.54, 1.807) is 37.3 Å². The van der Waals surface area contributed by atoms with Crippen molar-refractivity contribution in [3.63, 3.8) is 0 Å². The van der Waals surface area contributed by atoms with Crippen LogP contribution >= 0.6 is 11.6 Å². The first-order valence-electron chi connectivity index (χ1n) is 5.96. The third-order valence-corrected chi connectivity index (χ3v) is 3.59. The lowest BCUT2D eigenvalue weighted by atomic mass is 10.1. The van der Waals surface area contributed by atoms with Gasteiger partial charge in [-0.1, -0.05) is 11.6 Å². The molecule has 1 amide bonds. The van der Waals surface area contributed by atoms with E-state index < -0.39 is 0 Å². The van der Waals surface area contributed by atoms with Gasteiger partial charge in [0.15, 0.2) is 0 Å². The summed E-state index contributed by atoms with van der Waals surface area (Å²) in [6.45, 7) is 0.972. The van der Waals surface area contributed by atoms with Gasteiger partial charge in [0.05, 0.1) is 5.56 Å². The molecule has 0 saturated carbocycles. The number of hydrogen-bond acceptors (Lipinski definition) is 4. The summed E-state index contributed by atoms with van der Waals surface area (Å²) in [5, 5.41) is 0.489. The van der Waals surface area contributed by atoms with Crippen molar-refractivity contribution < 1.29 is 14.3 Å². The van der Waals surface area contributed by atoms with Crippen LogP contribution in [0.2, 0.25) is 5.02 Å². The van der Waals surface area contributed by atoms with E-state index in [9.17, 15) is 4.79 Å². The van der Waals surface area contributed by atoms with Crippen molar-refractivity contribution >= 4 is 23.2 Å². The summed E-state index contributed by atoms with van der Waals surface area (Å²) >= 11 is 5.90. The summed E-state index contributed by atoms with van der Waals surface area (Å²) in [6, 6.07) is 4.88. The fraction of sp³-hybridized carbons (Fsp3) is 0.462. The molecular weight excluding hydrogens is 268 g/mol. The molecule has 1 aromatic rings. The molecule has 6 heteroatoms. The highest BCUT2D eigenvalue weighted by Crippen LogP contribution is 2.23. The van der Waals surface area contributed by atoms with Crippen molar-refractivity contribution in [2.45, 2.75) is 12.2 Å². The fourth-order valence-corrected chi connectivity index (χ4v) is 2.42. The zero-order chi connectivity index (χ0) is 14.0. The number of carbonyl (C=O) groups is 1. The number of nitrogens with zero attached hydrogens (tertiary/aromatic N) is 1. The second-order valence-electron chi connectivity index (χ2n) is 4.49. The van der Waals surface area contributed by atoms with Gasteiger partial charge in [-0.25, -0.2) is 0 Å². The summed E-state index contributed by atoms with van der Waals surface area (Å²) in [5.74, 6) is -0.151. The highest BCUT2D eigenvalue weighted by atomic mass is 35.5. The molecule has 104 valence electrons. The van der Waals surface area contributed by atoms with Crippen molar-refractivity contribution in [1.29, 1.82) is 0 Å². The van der Waals surface area contributed by atoms with E-state index in [1.807, 2.05) is 0 Å². The first-order chi connectivity index (χ1) is 9.06. The number of methoxy groups -OCH3 is 2. The molecule has 19 heavy (non-hydrogen) atoms. The van der Waals surface area contributed by atoms with E-state index in [0.29, 0.717) is 29.4 Å². The van der Waals surface area contributed by atoms with Gasteiger partial charge >= 0.3 is 0 Å². The quantitative estimate of drug-likeness (QED) is 0.853. The summed E-state index contributed by atoms with van der Waals surface area (Å²) in [5.41, 5.74) is 6.66. The molecule has 0 radical (unpaired) electrons. The van der Waals surface area contributed by atoms with Crippen molar-refractivity contribution in [1.82, 2.24) is 4.90 Å². The van der Waals surface area contributed by atoms with Gasteiger partial charge in [0, 0.05) is 38.0 Å². The van der Waals surface area contributed by atoms with Crippen LogP contribution in [0.3, 0.4) is 0 Å². The lowest BCUT2D eigenvalue weighted by molar-refractivity contribution is -0.00461. The van der Waals surface area contributed by atoms with Gasteiger partial charge in [-0.15, -0.1) is 0 Å². The SMILES string of the molecule is COC1CN(C(=O)c2cc(Cl)ccc2N)CC1OC. The number of anilines is 1. The average molecular weight is 285 g/mol. The van der Waals surface area contributed by atoms with Gasteiger partial charge in [0.1, 0.15) is 12.2 Å². The minimum absolute atomic E-state index is 0.116. The lowest BCUT2D eigenvalue weighted by Crippen LogP contribution is -2.30. The third kappa shape index (κ3) is 2.83. The number of amides is 1. The lowest BCUT2D eigenvalue weighted by Gasteiger charge is -2.17. The Bertz CT molecular complexity index is 469. The van der Waals surface area contributed by atoms with E-state index in [-0.39, 0.29) is 18.1 Å². The second kappa shape index (κ2) is 5.77. The molecule has 0 aromatic heterocycles. The van der Waals surface area contributed by atoms with Crippen LogP contribution in [0.25, 0.3) is 0 Å². The normalized spacial score (nSPS) is 22.8. The second-order valence-corrected chi connectivity index (χ2v) is 4.93. The Labute approximate surface area is 117 Å². The Morgan fingerprint density at radius 2 is 1.89 bits per heavy atom. The van der Waals surface area contributed by atoms with Gasteiger partial charge in [-0.2, -0.15) is 0 Å². The molecule has 2 atom stereocenters. The van der Waals surface area contributed by atoms with E-state index in [4.69, 9.17) is 26.8 Å². The number of likely N-dealkylation sites (tertiary alicyclic amines) is 1. The van der Waals surface area contributed by atoms with Gasteiger partial charge in [-0.3, -0.25) is 4.79 Å². The summed E-state index contributed by atoms with van der Waals surface area (Å²) < 4.78 is 10.6. The standard InChI is InChI=1S/C13H17ClN2O3/c1-18-11-6-16(7-12(11)19-2)13(17)9-5-8(14)3-4-10(9)15/h3-5,11-12H,6-7,15H2,1-2H3. The number of hydrogen-bond donors (Lipinski definition) is 1. The Hall–Kier alpha value is -1.30. The highest BCUT2D eigenvalue weighted by molar-refractivity contribution is 6.31.